The molecule has 1 aromatic rings. The summed E-state index contributed by atoms with van der Waals surface area (Å²) in [5.74, 6) is -0.0231. The number of benzene rings is 1. The van der Waals surface area contributed by atoms with Crippen molar-refractivity contribution < 1.29 is 9.31 Å². The Balaban J connectivity index is 1.99. The van der Waals surface area contributed by atoms with E-state index in [1.54, 1.807) is 6.07 Å². The zero-order valence-electron chi connectivity index (χ0n) is 11.1. The van der Waals surface area contributed by atoms with Crippen LogP contribution in [0.25, 0.3) is 0 Å². The standard InChI is InChI=1S/C14H19FN2O2/c1-10-4-2-6-12(8-10)16-9-11-5-3-7-13(14(11)15)17(18)19/h3,5,7,10,12,16H,2,4,6,8-9H2,1H3. The van der Waals surface area contributed by atoms with Gasteiger partial charge in [-0.3, -0.25) is 10.1 Å². The average Bonchev–Trinajstić information content (AvgIpc) is 2.37. The third-order valence-electron chi connectivity index (χ3n) is 3.77. The summed E-state index contributed by atoms with van der Waals surface area (Å²) >= 11 is 0. The van der Waals surface area contributed by atoms with Crippen LogP contribution < -0.4 is 5.32 Å². The molecule has 0 spiro atoms. The van der Waals surface area contributed by atoms with Gasteiger partial charge in [-0.2, -0.15) is 4.39 Å². The number of nitro benzene ring substituents is 1. The van der Waals surface area contributed by atoms with Crippen molar-refractivity contribution in [2.24, 2.45) is 5.92 Å². The molecule has 104 valence electrons. The van der Waals surface area contributed by atoms with Crippen molar-refractivity contribution >= 4 is 5.69 Å². The topological polar surface area (TPSA) is 55.2 Å². The Morgan fingerprint density at radius 2 is 2.26 bits per heavy atom. The van der Waals surface area contributed by atoms with Crippen molar-refractivity contribution in [2.45, 2.75) is 45.2 Å². The van der Waals surface area contributed by atoms with Crippen molar-refractivity contribution in [3.8, 4) is 0 Å². The van der Waals surface area contributed by atoms with Crippen molar-refractivity contribution in [3.05, 3.63) is 39.7 Å². The first kappa shape index (κ1) is 13.9. The first-order chi connectivity index (χ1) is 9.08. The summed E-state index contributed by atoms with van der Waals surface area (Å²) in [6.45, 7) is 2.58. The normalized spacial score (nSPS) is 23.3. The molecular formula is C14H19FN2O2. The van der Waals surface area contributed by atoms with Crippen LogP contribution in [-0.2, 0) is 6.54 Å². The summed E-state index contributed by atoms with van der Waals surface area (Å²) in [4.78, 5) is 9.99. The lowest BCUT2D eigenvalue weighted by Gasteiger charge is -2.27. The molecule has 0 aromatic heterocycles. The van der Waals surface area contributed by atoms with Gasteiger partial charge in [0.1, 0.15) is 0 Å². The number of nitrogens with one attached hydrogen (secondary N) is 1. The Morgan fingerprint density at radius 1 is 1.47 bits per heavy atom. The van der Waals surface area contributed by atoms with Gasteiger partial charge in [0, 0.05) is 24.2 Å². The fourth-order valence-electron chi connectivity index (χ4n) is 2.72. The quantitative estimate of drug-likeness (QED) is 0.671. The number of nitro groups is 1. The second-order valence-corrected chi connectivity index (χ2v) is 5.36. The van der Waals surface area contributed by atoms with Crippen LogP contribution >= 0.6 is 0 Å². The molecule has 2 unspecified atom stereocenters. The molecule has 0 radical (unpaired) electrons. The number of rotatable bonds is 4. The first-order valence-electron chi connectivity index (χ1n) is 6.73. The smallest absolute Gasteiger partial charge is 0.305 e. The number of nitrogens with zero attached hydrogens (tertiary/aromatic N) is 1. The Bertz CT molecular complexity index is 465. The van der Waals surface area contributed by atoms with Crippen LogP contribution in [0.4, 0.5) is 10.1 Å². The molecule has 1 saturated carbocycles. The fraction of sp³-hybridized carbons (Fsp3) is 0.571. The van der Waals surface area contributed by atoms with Crippen molar-refractivity contribution in [1.82, 2.24) is 5.32 Å². The molecule has 2 rings (SSSR count). The van der Waals surface area contributed by atoms with Crippen LogP contribution in [0.15, 0.2) is 18.2 Å². The van der Waals surface area contributed by atoms with Crippen LogP contribution in [0, 0.1) is 21.8 Å². The van der Waals surface area contributed by atoms with Crippen LogP contribution in [0.3, 0.4) is 0 Å². The molecule has 1 aliphatic carbocycles. The molecule has 0 aliphatic heterocycles. The molecule has 4 nitrogen and oxygen atoms in total. The van der Waals surface area contributed by atoms with E-state index in [2.05, 4.69) is 12.2 Å². The van der Waals surface area contributed by atoms with E-state index < -0.39 is 16.4 Å². The summed E-state index contributed by atoms with van der Waals surface area (Å²) in [6.07, 6.45) is 4.64. The zero-order valence-corrected chi connectivity index (χ0v) is 11.1. The van der Waals surface area contributed by atoms with Gasteiger partial charge in [0.05, 0.1) is 4.92 Å². The Kier molecular flexibility index (Phi) is 4.47. The number of hydrogen-bond donors (Lipinski definition) is 1. The third kappa shape index (κ3) is 3.50. The Morgan fingerprint density at radius 3 is 2.95 bits per heavy atom. The van der Waals surface area contributed by atoms with E-state index in [1.807, 2.05) is 0 Å². The zero-order chi connectivity index (χ0) is 13.8. The molecule has 2 atom stereocenters. The lowest BCUT2D eigenvalue weighted by atomic mass is 9.87. The molecule has 0 heterocycles. The van der Waals surface area contributed by atoms with Gasteiger partial charge in [0.15, 0.2) is 0 Å². The summed E-state index contributed by atoms with van der Waals surface area (Å²) < 4.78 is 13.9. The van der Waals surface area contributed by atoms with Crippen LogP contribution in [-0.4, -0.2) is 11.0 Å². The molecule has 1 aliphatic rings. The second-order valence-electron chi connectivity index (χ2n) is 5.36. The Hall–Kier alpha value is -1.49. The van der Waals surface area contributed by atoms with Crippen molar-refractivity contribution in [3.63, 3.8) is 0 Å². The molecular weight excluding hydrogens is 247 g/mol. The summed E-state index contributed by atoms with van der Waals surface area (Å²) in [6, 6.07) is 4.72. The predicted octanol–water partition coefficient (Wildman–Crippen LogP) is 3.40. The highest BCUT2D eigenvalue weighted by atomic mass is 19.1. The predicted molar refractivity (Wildman–Crippen MR) is 71.3 cm³/mol. The minimum absolute atomic E-state index is 0.352. The number of hydrogen-bond acceptors (Lipinski definition) is 3. The van der Waals surface area contributed by atoms with Gasteiger partial charge >= 0.3 is 5.69 Å². The second kappa shape index (κ2) is 6.10. The molecule has 0 bridgehead atoms. The van der Waals surface area contributed by atoms with Gasteiger partial charge in [-0.05, 0) is 18.8 Å². The van der Waals surface area contributed by atoms with Crippen LogP contribution in [0.2, 0.25) is 0 Å². The maximum atomic E-state index is 13.9. The van der Waals surface area contributed by atoms with Gasteiger partial charge in [0.2, 0.25) is 5.82 Å². The monoisotopic (exact) mass is 266 g/mol. The highest BCUT2D eigenvalue weighted by Crippen LogP contribution is 2.25. The molecule has 0 saturated heterocycles. The highest BCUT2D eigenvalue weighted by molar-refractivity contribution is 5.36. The maximum absolute atomic E-state index is 13.9. The van der Waals surface area contributed by atoms with E-state index >= 15 is 0 Å². The third-order valence-corrected chi connectivity index (χ3v) is 3.77. The SMILES string of the molecule is CC1CCCC(NCc2cccc([N+](=O)[O-])c2F)C1. The van der Waals surface area contributed by atoms with E-state index in [-0.39, 0.29) is 0 Å². The molecule has 1 N–H and O–H groups in total. The van der Waals surface area contributed by atoms with Gasteiger partial charge < -0.3 is 5.32 Å². The minimum Gasteiger partial charge on any atom is -0.310 e. The minimum atomic E-state index is -0.719. The lowest BCUT2D eigenvalue weighted by Crippen LogP contribution is -2.33. The summed E-state index contributed by atoms with van der Waals surface area (Å²) in [5.41, 5.74) is -0.0799. The molecule has 1 fully saturated rings. The Labute approximate surface area is 112 Å². The van der Waals surface area contributed by atoms with Crippen LogP contribution in [0.5, 0.6) is 0 Å². The molecule has 0 amide bonds. The van der Waals surface area contributed by atoms with E-state index in [9.17, 15) is 14.5 Å². The van der Waals surface area contributed by atoms with Gasteiger partial charge in [-0.15, -0.1) is 0 Å². The van der Waals surface area contributed by atoms with E-state index in [0.717, 1.165) is 12.8 Å². The lowest BCUT2D eigenvalue weighted by molar-refractivity contribution is -0.387. The van der Waals surface area contributed by atoms with Crippen molar-refractivity contribution in [2.75, 3.05) is 0 Å². The summed E-state index contributed by atoms with van der Waals surface area (Å²) in [7, 11) is 0. The van der Waals surface area contributed by atoms with E-state index in [4.69, 9.17) is 0 Å². The highest BCUT2D eigenvalue weighted by Gasteiger charge is 2.20. The van der Waals surface area contributed by atoms with Crippen molar-refractivity contribution in [1.29, 1.82) is 0 Å². The first-order valence-corrected chi connectivity index (χ1v) is 6.73. The van der Waals surface area contributed by atoms with Crippen LogP contribution in [0.1, 0.15) is 38.2 Å². The molecule has 1 aromatic carbocycles. The molecule has 19 heavy (non-hydrogen) atoms. The average molecular weight is 266 g/mol. The maximum Gasteiger partial charge on any atom is 0.305 e. The molecule has 5 heteroatoms. The largest absolute Gasteiger partial charge is 0.310 e. The van der Waals surface area contributed by atoms with E-state index in [1.165, 1.54) is 25.0 Å². The summed E-state index contributed by atoms with van der Waals surface area (Å²) in [5, 5.41) is 14.0. The van der Waals surface area contributed by atoms with Gasteiger partial charge in [0.25, 0.3) is 0 Å². The fourth-order valence-corrected chi connectivity index (χ4v) is 2.72. The van der Waals surface area contributed by atoms with E-state index in [0.29, 0.717) is 24.1 Å². The van der Waals surface area contributed by atoms with Gasteiger partial charge in [-0.1, -0.05) is 31.9 Å². The number of halogens is 1. The van der Waals surface area contributed by atoms with Gasteiger partial charge in [-0.25, -0.2) is 0 Å².